The molecule has 6 heteroatoms. The van der Waals surface area contributed by atoms with Crippen LogP contribution in [0.5, 0.6) is 5.75 Å². The zero-order chi connectivity index (χ0) is 18.3. The Morgan fingerprint density at radius 3 is 2.12 bits per heavy atom. The Labute approximate surface area is 144 Å². The van der Waals surface area contributed by atoms with Crippen LogP contribution < -0.4 is 0 Å². The van der Waals surface area contributed by atoms with E-state index >= 15 is 0 Å². The first-order valence-corrected chi connectivity index (χ1v) is 9.29. The summed E-state index contributed by atoms with van der Waals surface area (Å²) in [7, 11) is -2.77. The highest BCUT2D eigenvalue weighted by atomic mass is 31.1. The minimum Gasteiger partial charge on any atom is -0.507 e. The highest BCUT2D eigenvalue weighted by molar-refractivity contribution is 7.32. The van der Waals surface area contributed by atoms with Crippen molar-refractivity contribution in [1.29, 1.82) is 0 Å². The van der Waals surface area contributed by atoms with Gasteiger partial charge in [-0.25, -0.2) is 0 Å². The average Bonchev–Trinajstić information content (AvgIpc) is 2.57. The molecular weight excluding hydrogens is 327 g/mol. The van der Waals surface area contributed by atoms with E-state index < -0.39 is 20.6 Å². The molecule has 3 unspecified atom stereocenters. The molecule has 1 aromatic rings. The van der Waals surface area contributed by atoms with Crippen molar-refractivity contribution in [2.24, 2.45) is 0 Å². The van der Waals surface area contributed by atoms with Crippen LogP contribution >= 0.6 is 8.25 Å². The van der Waals surface area contributed by atoms with Crippen LogP contribution in [-0.2, 0) is 13.9 Å². The van der Waals surface area contributed by atoms with Crippen LogP contribution in [0.15, 0.2) is 18.2 Å². The topological polar surface area (TPSA) is 83.8 Å². The van der Waals surface area contributed by atoms with Crippen molar-refractivity contribution >= 4 is 20.1 Å². The highest BCUT2D eigenvalue weighted by Crippen LogP contribution is 2.37. The molecule has 0 aliphatic rings. The summed E-state index contributed by atoms with van der Waals surface area (Å²) in [5, 5.41) is 10.6. The molecule has 0 heterocycles. The van der Waals surface area contributed by atoms with Gasteiger partial charge in [0.1, 0.15) is 5.75 Å². The lowest BCUT2D eigenvalue weighted by atomic mass is 9.88. The molecule has 0 saturated heterocycles. The normalized spacial score (nSPS) is 14.6. The second kappa shape index (κ2) is 9.67. The predicted octanol–water partition coefficient (Wildman–Crippen LogP) is 4.67. The smallest absolute Gasteiger partial charge is 0.507 e. The monoisotopic (exact) mass is 353 g/mol. The molecule has 1 aromatic carbocycles. The zero-order valence-electron chi connectivity index (χ0n) is 14.7. The minimum absolute atomic E-state index is 0.207. The first kappa shape index (κ1) is 20.5. The number of aromatic hydroxyl groups is 1. The summed E-state index contributed by atoms with van der Waals surface area (Å²) in [4.78, 5) is 20.2. The van der Waals surface area contributed by atoms with E-state index in [1.165, 1.54) is 6.08 Å². The Morgan fingerprint density at radius 1 is 1.21 bits per heavy atom. The Kier molecular flexibility index (Phi) is 8.26. The summed E-state index contributed by atoms with van der Waals surface area (Å²) < 4.78 is 14.8. The SMILES string of the molecule is CCC(C)c1cc(C=CC(=O)CO[P+](=O)O)cc(C(C)CC)c1O. The van der Waals surface area contributed by atoms with Crippen molar-refractivity contribution in [1.82, 2.24) is 0 Å². The van der Waals surface area contributed by atoms with Gasteiger partial charge in [-0.05, 0) is 59.6 Å². The van der Waals surface area contributed by atoms with Gasteiger partial charge in [0.05, 0.1) is 0 Å². The molecule has 0 saturated carbocycles. The number of ketones is 1. The third kappa shape index (κ3) is 5.82. The first-order chi connectivity index (χ1) is 11.3. The van der Waals surface area contributed by atoms with Gasteiger partial charge in [0, 0.05) is 4.57 Å². The Hall–Kier alpha value is -1.55. The van der Waals surface area contributed by atoms with Gasteiger partial charge in [0.25, 0.3) is 0 Å². The van der Waals surface area contributed by atoms with Crippen LogP contribution in [0.25, 0.3) is 6.08 Å². The predicted molar refractivity (Wildman–Crippen MR) is 95.3 cm³/mol. The maximum atomic E-state index is 11.6. The van der Waals surface area contributed by atoms with E-state index in [1.807, 2.05) is 12.1 Å². The Bertz CT molecular complexity index is 593. The van der Waals surface area contributed by atoms with Gasteiger partial charge in [-0.3, -0.25) is 4.79 Å². The van der Waals surface area contributed by atoms with Gasteiger partial charge in [-0.15, -0.1) is 9.42 Å². The first-order valence-electron chi connectivity index (χ1n) is 8.16. The minimum atomic E-state index is -2.77. The van der Waals surface area contributed by atoms with E-state index in [0.717, 1.165) is 29.5 Å². The molecule has 24 heavy (non-hydrogen) atoms. The highest BCUT2D eigenvalue weighted by Gasteiger charge is 2.17. The molecule has 0 aromatic heterocycles. The fraction of sp³-hybridized carbons (Fsp3) is 0.500. The fourth-order valence-electron chi connectivity index (χ4n) is 2.35. The summed E-state index contributed by atoms with van der Waals surface area (Å²) >= 11 is 0. The summed E-state index contributed by atoms with van der Waals surface area (Å²) in [5.74, 6) is 0.357. The lowest BCUT2D eigenvalue weighted by Gasteiger charge is -2.19. The van der Waals surface area contributed by atoms with Gasteiger partial charge in [0.2, 0.25) is 0 Å². The second-order valence-electron chi connectivity index (χ2n) is 5.98. The van der Waals surface area contributed by atoms with Crippen molar-refractivity contribution in [2.75, 3.05) is 6.61 Å². The van der Waals surface area contributed by atoms with Gasteiger partial charge >= 0.3 is 8.25 Å². The standard InChI is InChI=1S/C18H25O5P/c1-5-12(3)16-9-14(7-8-15(19)11-23-24(21)22)10-17(18(16)20)13(4)6-2/h7-10,12-13H,5-6,11H2,1-4H3,(H-,19,20,21,22)/p+1. The van der Waals surface area contributed by atoms with E-state index in [2.05, 4.69) is 32.2 Å². The second-order valence-corrected chi connectivity index (χ2v) is 6.71. The molecule has 0 amide bonds. The molecule has 0 radical (unpaired) electrons. The number of carbonyl (C=O) groups is 1. The molecule has 3 atom stereocenters. The van der Waals surface area contributed by atoms with Gasteiger partial charge in [0.15, 0.2) is 12.4 Å². The number of rotatable bonds is 9. The number of carbonyl (C=O) groups excluding carboxylic acids is 1. The lowest BCUT2D eigenvalue weighted by Crippen LogP contribution is -2.02. The average molecular weight is 353 g/mol. The Balaban J connectivity index is 3.14. The van der Waals surface area contributed by atoms with Crippen LogP contribution in [0.4, 0.5) is 0 Å². The van der Waals surface area contributed by atoms with Crippen molar-refractivity contribution in [3.63, 3.8) is 0 Å². The number of phenolic OH excluding ortho intramolecular Hbond substituents is 1. The van der Waals surface area contributed by atoms with Crippen LogP contribution in [0.3, 0.4) is 0 Å². The van der Waals surface area contributed by atoms with Crippen LogP contribution in [0.2, 0.25) is 0 Å². The van der Waals surface area contributed by atoms with Crippen molar-refractivity contribution in [2.45, 2.75) is 52.4 Å². The molecule has 132 valence electrons. The fourth-order valence-corrected chi connectivity index (χ4v) is 2.59. The number of hydrogen-bond acceptors (Lipinski definition) is 4. The van der Waals surface area contributed by atoms with E-state index in [9.17, 15) is 14.5 Å². The van der Waals surface area contributed by atoms with Gasteiger partial charge in [-0.2, -0.15) is 0 Å². The quantitative estimate of drug-likeness (QED) is 0.498. The molecule has 2 N–H and O–H groups in total. The number of benzene rings is 1. The summed E-state index contributed by atoms with van der Waals surface area (Å²) in [5.41, 5.74) is 2.56. The molecule has 0 bridgehead atoms. The van der Waals surface area contributed by atoms with Crippen LogP contribution in [0.1, 0.15) is 69.1 Å². The summed E-state index contributed by atoms with van der Waals surface area (Å²) in [6.45, 7) is 7.80. The van der Waals surface area contributed by atoms with E-state index in [-0.39, 0.29) is 11.8 Å². The lowest BCUT2D eigenvalue weighted by molar-refractivity contribution is -0.116. The van der Waals surface area contributed by atoms with Crippen molar-refractivity contribution in [3.05, 3.63) is 34.9 Å². The van der Waals surface area contributed by atoms with Gasteiger partial charge in [-0.1, -0.05) is 33.8 Å². The summed E-state index contributed by atoms with van der Waals surface area (Å²) in [6, 6.07) is 3.76. The maximum absolute atomic E-state index is 11.6. The van der Waals surface area contributed by atoms with Crippen molar-refractivity contribution < 1.29 is 23.9 Å². The molecule has 0 fully saturated rings. The number of phenols is 1. The van der Waals surface area contributed by atoms with E-state index in [0.29, 0.717) is 5.75 Å². The molecule has 1 rings (SSSR count). The summed E-state index contributed by atoms with van der Waals surface area (Å²) in [6.07, 6.45) is 4.77. The van der Waals surface area contributed by atoms with Crippen LogP contribution in [-0.4, -0.2) is 22.4 Å². The zero-order valence-corrected chi connectivity index (χ0v) is 15.5. The third-order valence-corrected chi connectivity index (χ3v) is 4.61. The van der Waals surface area contributed by atoms with Crippen molar-refractivity contribution in [3.8, 4) is 5.75 Å². The molecule has 0 aliphatic heterocycles. The van der Waals surface area contributed by atoms with E-state index in [4.69, 9.17) is 4.89 Å². The molecule has 5 nitrogen and oxygen atoms in total. The Morgan fingerprint density at radius 2 is 1.71 bits per heavy atom. The van der Waals surface area contributed by atoms with Gasteiger partial charge < -0.3 is 5.11 Å². The molecule has 0 spiro atoms. The van der Waals surface area contributed by atoms with E-state index in [1.54, 1.807) is 6.08 Å². The third-order valence-electron chi connectivity index (χ3n) is 4.26. The van der Waals surface area contributed by atoms with Crippen LogP contribution in [0, 0.1) is 0 Å². The maximum Gasteiger partial charge on any atom is 0.695 e. The molecular formula is C18H26O5P+. The molecule has 0 aliphatic carbocycles. The largest absolute Gasteiger partial charge is 0.695 e. The number of hydrogen-bond donors (Lipinski definition) is 2.